The van der Waals surface area contributed by atoms with Crippen LogP contribution < -0.4 is 0 Å². The third-order valence-corrected chi connectivity index (χ3v) is 4.39. The number of benzene rings is 2. The van der Waals surface area contributed by atoms with Gasteiger partial charge in [-0.05, 0) is 36.8 Å². The molecule has 1 unspecified atom stereocenters. The Balaban J connectivity index is 2.28. The molecule has 0 fully saturated rings. The number of nitrogens with zero attached hydrogens (tertiary/aromatic N) is 1. The number of carbonyl (C=O) groups excluding carboxylic acids is 1. The van der Waals surface area contributed by atoms with Crippen LogP contribution in [0.4, 0.5) is 0 Å². The van der Waals surface area contributed by atoms with Gasteiger partial charge in [0.25, 0.3) is 5.91 Å². The van der Waals surface area contributed by atoms with Gasteiger partial charge in [-0.1, -0.05) is 57.3 Å². The molecule has 0 spiro atoms. The van der Waals surface area contributed by atoms with E-state index in [4.69, 9.17) is 23.2 Å². The molecule has 2 rings (SSSR count). The van der Waals surface area contributed by atoms with Crippen molar-refractivity contribution in [3.8, 4) is 0 Å². The Bertz CT molecular complexity index is 655. The molecule has 0 aliphatic heterocycles. The summed E-state index contributed by atoms with van der Waals surface area (Å²) in [5.74, 6) is -0.106. The predicted octanol–water partition coefficient (Wildman–Crippen LogP) is 5.59. The standard InChI is InChI=1S/C16H14BrCl2NO/c1-10(14-5-3-4-6-15(14)19)20(2)16(21)11-7-12(17)9-13(18)8-11/h3-10H,1-2H3. The molecule has 0 saturated heterocycles. The second kappa shape index (κ2) is 6.82. The zero-order valence-corrected chi connectivity index (χ0v) is 14.7. The summed E-state index contributed by atoms with van der Waals surface area (Å²) in [6.07, 6.45) is 0. The molecule has 21 heavy (non-hydrogen) atoms. The molecule has 0 radical (unpaired) electrons. The summed E-state index contributed by atoms with van der Waals surface area (Å²) in [4.78, 5) is 14.2. The fourth-order valence-electron chi connectivity index (χ4n) is 2.08. The molecule has 1 atom stereocenters. The van der Waals surface area contributed by atoms with Gasteiger partial charge in [-0.2, -0.15) is 0 Å². The number of halogens is 3. The maximum absolute atomic E-state index is 12.6. The zero-order valence-electron chi connectivity index (χ0n) is 11.6. The monoisotopic (exact) mass is 385 g/mol. The first-order chi connectivity index (χ1) is 9.90. The quantitative estimate of drug-likeness (QED) is 0.673. The summed E-state index contributed by atoms with van der Waals surface area (Å²) in [6.45, 7) is 1.94. The summed E-state index contributed by atoms with van der Waals surface area (Å²) in [7, 11) is 1.76. The lowest BCUT2D eigenvalue weighted by Gasteiger charge is -2.26. The normalized spacial score (nSPS) is 12.0. The lowest BCUT2D eigenvalue weighted by atomic mass is 10.1. The fraction of sp³-hybridized carbons (Fsp3) is 0.188. The molecule has 0 bridgehead atoms. The predicted molar refractivity (Wildman–Crippen MR) is 91.1 cm³/mol. The summed E-state index contributed by atoms with van der Waals surface area (Å²) >= 11 is 15.5. The van der Waals surface area contributed by atoms with E-state index in [2.05, 4.69) is 15.9 Å². The van der Waals surface area contributed by atoms with Crippen LogP contribution in [0.3, 0.4) is 0 Å². The van der Waals surface area contributed by atoms with Gasteiger partial charge in [0.15, 0.2) is 0 Å². The molecule has 110 valence electrons. The molecule has 0 aromatic heterocycles. The van der Waals surface area contributed by atoms with Crippen LogP contribution in [-0.4, -0.2) is 17.9 Å². The largest absolute Gasteiger partial charge is 0.335 e. The average Bonchev–Trinajstić information content (AvgIpc) is 2.44. The van der Waals surface area contributed by atoms with Gasteiger partial charge in [-0.3, -0.25) is 4.79 Å². The van der Waals surface area contributed by atoms with Crippen LogP contribution in [-0.2, 0) is 0 Å². The van der Waals surface area contributed by atoms with Crippen molar-refractivity contribution in [2.45, 2.75) is 13.0 Å². The molecule has 5 heteroatoms. The Morgan fingerprint density at radius 3 is 2.48 bits per heavy atom. The van der Waals surface area contributed by atoms with Crippen molar-refractivity contribution in [2.24, 2.45) is 0 Å². The van der Waals surface area contributed by atoms with E-state index in [1.165, 1.54) is 0 Å². The number of amides is 1. The van der Waals surface area contributed by atoms with Crippen LogP contribution in [0.25, 0.3) is 0 Å². The van der Waals surface area contributed by atoms with Gasteiger partial charge >= 0.3 is 0 Å². The van der Waals surface area contributed by atoms with Crippen molar-refractivity contribution in [3.63, 3.8) is 0 Å². The Hall–Kier alpha value is -1.03. The first kappa shape index (κ1) is 16.3. The fourth-order valence-corrected chi connectivity index (χ4v) is 3.23. The highest BCUT2D eigenvalue weighted by Gasteiger charge is 2.21. The molecule has 2 nitrogen and oxygen atoms in total. The minimum atomic E-state index is -0.135. The molecule has 0 saturated carbocycles. The van der Waals surface area contributed by atoms with Gasteiger partial charge in [0, 0.05) is 27.1 Å². The van der Waals surface area contributed by atoms with E-state index in [1.54, 1.807) is 30.1 Å². The highest BCUT2D eigenvalue weighted by molar-refractivity contribution is 9.10. The number of hydrogen-bond acceptors (Lipinski definition) is 1. The van der Waals surface area contributed by atoms with Crippen LogP contribution in [0.5, 0.6) is 0 Å². The first-order valence-electron chi connectivity index (χ1n) is 6.38. The van der Waals surface area contributed by atoms with Gasteiger partial charge in [0.1, 0.15) is 0 Å². The molecule has 0 heterocycles. The summed E-state index contributed by atoms with van der Waals surface area (Å²) in [6, 6.07) is 12.5. The van der Waals surface area contributed by atoms with Crippen molar-refractivity contribution in [2.75, 3.05) is 7.05 Å². The summed E-state index contributed by atoms with van der Waals surface area (Å²) in [5.41, 5.74) is 1.45. The molecular formula is C16H14BrCl2NO. The van der Waals surface area contributed by atoms with E-state index in [-0.39, 0.29) is 11.9 Å². The van der Waals surface area contributed by atoms with Gasteiger partial charge in [0.2, 0.25) is 0 Å². The van der Waals surface area contributed by atoms with Gasteiger partial charge < -0.3 is 4.90 Å². The Morgan fingerprint density at radius 1 is 1.19 bits per heavy atom. The third-order valence-electron chi connectivity index (χ3n) is 3.37. The molecule has 2 aromatic carbocycles. The third kappa shape index (κ3) is 3.79. The molecular weight excluding hydrogens is 373 g/mol. The van der Waals surface area contributed by atoms with E-state index in [0.29, 0.717) is 15.6 Å². The van der Waals surface area contributed by atoms with Crippen LogP contribution in [0, 0.1) is 0 Å². The van der Waals surface area contributed by atoms with Crippen LogP contribution in [0.15, 0.2) is 46.9 Å². The van der Waals surface area contributed by atoms with Crippen molar-refractivity contribution in [1.29, 1.82) is 0 Å². The topological polar surface area (TPSA) is 20.3 Å². The SMILES string of the molecule is CC(c1ccccc1Cl)N(C)C(=O)c1cc(Cl)cc(Br)c1. The second-order valence-electron chi connectivity index (χ2n) is 4.77. The lowest BCUT2D eigenvalue weighted by molar-refractivity contribution is 0.0742. The Labute approximate surface area is 142 Å². The maximum atomic E-state index is 12.6. The van der Waals surface area contributed by atoms with E-state index in [1.807, 2.05) is 31.2 Å². The average molecular weight is 387 g/mol. The number of hydrogen-bond donors (Lipinski definition) is 0. The van der Waals surface area contributed by atoms with E-state index < -0.39 is 0 Å². The van der Waals surface area contributed by atoms with Gasteiger partial charge in [-0.25, -0.2) is 0 Å². The van der Waals surface area contributed by atoms with Crippen molar-refractivity contribution in [3.05, 3.63) is 68.1 Å². The highest BCUT2D eigenvalue weighted by Crippen LogP contribution is 2.28. The van der Waals surface area contributed by atoms with E-state index >= 15 is 0 Å². The minimum absolute atomic E-state index is 0.106. The van der Waals surface area contributed by atoms with Crippen molar-refractivity contribution in [1.82, 2.24) is 4.90 Å². The lowest BCUT2D eigenvalue weighted by Crippen LogP contribution is -2.29. The van der Waals surface area contributed by atoms with Crippen LogP contribution >= 0.6 is 39.1 Å². The summed E-state index contributed by atoms with van der Waals surface area (Å²) < 4.78 is 0.775. The van der Waals surface area contributed by atoms with Crippen LogP contribution in [0.1, 0.15) is 28.9 Å². The maximum Gasteiger partial charge on any atom is 0.254 e. The summed E-state index contributed by atoms with van der Waals surface area (Å²) in [5, 5.41) is 1.17. The molecule has 1 amide bonds. The Kier molecular flexibility index (Phi) is 5.31. The van der Waals surface area contributed by atoms with Gasteiger partial charge in [-0.15, -0.1) is 0 Å². The second-order valence-corrected chi connectivity index (χ2v) is 6.53. The van der Waals surface area contributed by atoms with E-state index in [9.17, 15) is 4.79 Å². The molecule has 2 aromatic rings. The number of carbonyl (C=O) groups is 1. The van der Waals surface area contributed by atoms with Crippen molar-refractivity contribution < 1.29 is 4.79 Å². The van der Waals surface area contributed by atoms with E-state index in [0.717, 1.165) is 10.0 Å². The first-order valence-corrected chi connectivity index (χ1v) is 7.92. The molecule has 0 N–H and O–H groups in total. The Morgan fingerprint density at radius 2 is 1.86 bits per heavy atom. The molecule has 0 aliphatic rings. The highest BCUT2D eigenvalue weighted by atomic mass is 79.9. The molecule has 0 aliphatic carbocycles. The zero-order chi connectivity index (χ0) is 15.6. The minimum Gasteiger partial charge on any atom is -0.335 e. The number of rotatable bonds is 3. The van der Waals surface area contributed by atoms with Crippen molar-refractivity contribution >= 4 is 45.0 Å². The van der Waals surface area contributed by atoms with Crippen LogP contribution in [0.2, 0.25) is 10.0 Å². The van der Waals surface area contributed by atoms with Gasteiger partial charge in [0.05, 0.1) is 6.04 Å². The smallest absolute Gasteiger partial charge is 0.254 e.